The standard InChI is InChI=1S/C19H18O4S/c1-10-14(20)7-5-12(18(10)22)17(16-4-3-9-24-16)13-6-8-15(21)11(2)19(13)23/h3-9,17,20-23H,1-2H3. The maximum atomic E-state index is 10.5. The molecule has 0 saturated carbocycles. The van der Waals surface area contributed by atoms with Gasteiger partial charge in [-0.1, -0.05) is 18.2 Å². The SMILES string of the molecule is Cc1c(O)ccc(C(c2cccs2)c2ccc(O)c(C)c2O)c1O. The van der Waals surface area contributed by atoms with Gasteiger partial charge in [-0.05, 0) is 37.4 Å². The van der Waals surface area contributed by atoms with Crippen molar-refractivity contribution < 1.29 is 20.4 Å². The Morgan fingerprint density at radius 1 is 0.750 bits per heavy atom. The third kappa shape index (κ3) is 2.57. The molecular formula is C19H18O4S. The molecule has 0 aliphatic rings. The Balaban J connectivity index is 2.28. The highest BCUT2D eigenvalue weighted by atomic mass is 32.1. The molecule has 5 heteroatoms. The second-order valence-electron chi connectivity index (χ2n) is 5.74. The summed E-state index contributed by atoms with van der Waals surface area (Å²) in [6.45, 7) is 3.28. The summed E-state index contributed by atoms with van der Waals surface area (Å²) < 4.78 is 0. The summed E-state index contributed by atoms with van der Waals surface area (Å²) in [5.74, 6) is -0.361. The summed E-state index contributed by atoms with van der Waals surface area (Å²) in [7, 11) is 0. The summed E-state index contributed by atoms with van der Waals surface area (Å²) in [5, 5.41) is 42.6. The molecule has 3 rings (SSSR count). The van der Waals surface area contributed by atoms with E-state index in [-0.39, 0.29) is 23.0 Å². The van der Waals surface area contributed by atoms with Crippen LogP contribution in [0, 0.1) is 13.8 Å². The number of hydrogen-bond acceptors (Lipinski definition) is 5. The Morgan fingerprint density at radius 2 is 1.25 bits per heavy atom. The fourth-order valence-corrected chi connectivity index (χ4v) is 3.68. The monoisotopic (exact) mass is 342 g/mol. The quantitative estimate of drug-likeness (QED) is 0.570. The molecule has 4 nitrogen and oxygen atoms in total. The average Bonchev–Trinajstić information content (AvgIpc) is 3.09. The van der Waals surface area contributed by atoms with Gasteiger partial charge >= 0.3 is 0 Å². The van der Waals surface area contributed by atoms with Gasteiger partial charge in [-0.25, -0.2) is 0 Å². The molecule has 4 N–H and O–H groups in total. The molecule has 0 aliphatic heterocycles. The van der Waals surface area contributed by atoms with E-state index in [4.69, 9.17) is 0 Å². The summed E-state index contributed by atoms with van der Waals surface area (Å²) in [6.07, 6.45) is 0. The van der Waals surface area contributed by atoms with Crippen molar-refractivity contribution in [1.82, 2.24) is 0 Å². The molecule has 0 saturated heterocycles. The van der Waals surface area contributed by atoms with Crippen molar-refractivity contribution in [3.8, 4) is 23.0 Å². The lowest BCUT2D eigenvalue weighted by molar-refractivity contribution is 0.433. The molecule has 1 aromatic heterocycles. The van der Waals surface area contributed by atoms with Gasteiger partial charge in [0, 0.05) is 27.1 Å². The highest BCUT2D eigenvalue weighted by Crippen LogP contribution is 2.46. The highest BCUT2D eigenvalue weighted by molar-refractivity contribution is 7.10. The molecule has 1 heterocycles. The maximum Gasteiger partial charge on any atom is 0.126 e. The lowest BCUT2D eigenvalue weighted by Crippen LogP contribution is -2.04. The maximum absolute atomic E-state index is 10.5. The van der Waals surface area contributed by atoms with Gasteiger partial charge in [0.2, 0.25) is 0 Å². The van der Waals surface area contributed by atoms with Crippen LogP contribution in [-0.2, 0) is 0 Å². The Bertz CT molecular complexity index is 827. The van der Waals surface area contributed by atoms with E-state index in [9.17, 15) is 20.4 Å². The van der Waals surface area contributed by atoms with Gasteiger partial charge in [0.1, 0.15) is 23.0 Å². The molecule has 2 aromatic carbocycles. The average molecular weight is 342 g/mol. The molecule has 0 atom stereocenters. The third-order valence-corrected chi connectivity index (χ3v) is 5.25. The van der Waals surface area contributed by atoms with Crippen LogP contribution in [0.25, 0.3) is 0 Å². The number of hydrogen-bond donors (Lipinski definition) is 4. The lowest BCUT2D eigenvalue weighted by atomic mass is 9.86. The lowest BCUT2D eigenvalue weighted by Gasteiger charge is -2.21. The van der Waals surface area contributed by atoms with Gasteiger partial charge in [-0.15, -0.1) is 11.3 Å². The minimum Gasteiger partial charge on any atom is -0.508 e. The summed E-state index contributed by atoms with van der Waals surface area (Å²) in [4.78, 5) is 0.941. The second-order valence-corrected chi connectivity index (χ2v) is 6.72. The van der Waals surface area contributed by atoms with Crippen LogP contribution in [-0.4, -0.2) is 20.4 Å². The van der Waals surface area contributed by atoms with Crippen LogP contribution in [0.5, 0.6) is 23.0 Å². The first-order chi connectivity index (χ1) is 11.4. The number of phenols is 4. The van der Waals surface area contributed by atoms with Gasteiger partial charge in [-0.3, -0.25) is 0 Å². The van der Waals surface area contributed by atoms with Crippen LogP contribution in [0.3, 0.4) is 0 Å². The first-order valence-corrected chi connectivity index (χ1v) is 8.36. The van der Waals surface area contributed by atoms with Crippen LogP contribution in [0.4, 0.5) is 0 Å². The number of aromatic hydroxyl groups is 4. The zero-order valence-electron chi connectivity index (χ0n) is 13.3. The molecule has 3 aromatic rings. The van der Waals surface area contributed by atoms with Crippen molar-refractivity contribution in [1.29, 1.82) is 0 Å². The van der Waals surface area contributed by atoms with Crippen LogP contribution in [0.1, 0.15) is 33.0 Å². The Labute approximate surface area is 143 Å². The Hall–Kier alpha value is -2.66. The minimum atomic E-state index is -0.399. The fraction of sp³-hybridized carbons (Fsp3) is 0.158. The molecule has 0 aliphatic carbocycles. The highest BCUT2D eigenvalue weighted by Gasteiger charge is 2.26. The molecule has 0 unspecified atom stereocenters. The zero-order chi connectivity index (χ0) is 17.4. The van der Waals surface area contributed by atoms with Gasteiger partial charge in [0.05, 0.1) is 5.92 Å². The number of phenolic OH excluding ortho intramolecular Hbond substituents is 4. The smallest absolute Gasteiger partial charge is 0.126 e. The predicted molar refractivity (Wildman–Crippen MR) is 94.3 cm³/mol. The summed E-state index contributed by atoms with van der Waals surface area (Å²) >= 11 is 1.51. The fourth-order valence-electron chi connectivity index (χ4n) is 2.82. The number of thiophene rings is 1. The van der Waals surface area contributed by atoms with Crippen LogP contribution in [0.15, 0.2) is 41.8 Å². The van der Waals surface area contributed by atoms with Crippen LogP contribution < -0.4 is 0 Å². The largest absolute Gasteiger partial charge is 0.508 e. The summed E-state index contributed by atoms with van der Waals surface area (Å²) in [6, 6.07) is 10.2. The van der Waals surface area contributed by atoms with E-state index < -0.39 is 5.92 Å². The van der Waals surface area contributed by atoms with Crippen molar-refractivity contribution in [2.45, 2.75) is 19.8 Å². The molecule has 0 fully saturated rings. The molecule has 0 radical (unpaired) electrons. The summed E-state index contributed by atoms with van der Waals surface area (Å²) in [5.41, 5.74) is 1.97. The Kier molecular flexibility index (Phi) is 4.11. The van der Waals surface area contributed by atoms with E-state index in [1.807, 2.05) is 17.5 Å². The van der Waals surface area contributed by atoms with Crippen molar-refractivity contribution in [3.05, 3.63) is 68.9 Å². The number of benzene rings is 2. The normalized spacial score (nSPS) is 11.1. The van der Waals surface area contributed by atoms with Crippen LogP contribution in [0.2, 0.25) is 0 Å². The van der Waals surface area contributed by atoms with E-state index in [1.54, 1.807) is 26.0 Å². The molecule has 24 heavy (non-hydrogen) atoms. The molecule has 0 amide bonds. The van der Waals surface area contributed by atoms with E-state index in [2.05, 4.69) is 0 Å². The van der Waals surface area contributed by atoms with Gasteiger partial charge in [-0.2, -0.15) is 0 Å². The first kappa shape index (κ1) is 16.2. The Morgan fingerprint density at radius 3 is 1.67 bits per heavy atom. The predicted octanol–water partition coefficient (Wildman–Crippen LogP) is 4.37. The molecule has 0 bridgehead atoms. The van der Waals surface area contributed by atoms with E-state index >= 15 is 0 Å². The van der Waals surface area contributed by atoms with Gasteiger partial charge in [0.15, 0.2) is 0 Å². The van der Waals surface area contributed by atoms with E-state index in [1.165, 1.54) is 23.5 Å². The molecule has 124 valence electrons. The minimum absolute atomic E-state index is 0.00136. The van der Waals surface area contributed by atoms with Crippen molar-refractivity contribution >= 4 is 11.3 Å². The van der Waals surface area contributed by atoms with Crippen LogP contribution >= 0.6 is 11.3 Å². The van der Waals surface area contributed by atoms with Crippen molar-refractivity contribution in [2.75, 3.05) is 0 Å². The third-order valence-electron chi connectivity index (χ3n) is 4.32. The van der Waals surface area contributed by atoms with Gasteiger partial charge < -0.3 is 20.4 Å². The van der Waals surface area contributed by atoms with E-state index in [0.717, 1.165) is 4.88 Å². The molecular weight excluding hydrogens is 324 g/mol. The second kappa shape index (κ2) is 6.09. The first-order valence-electron chi connectivity index (χ1n) is 7.48. The molecule has 0 spiro atoms. The van der Waals surface area contributed by atoms with Crippen molar-refractivity contribution in [3.63, 3.8) is 0 Å². The topological polar surface area (TPSA) is 80.9 Å². The zero-order valence-corrected chi connectivity index (χ0v) is 14.1. The van der Waals surface area contributed by atoms with E-state index in [0.29, 0.717) is 22.3 Å². The van der Waals surface area contributed by atoms with Crippen molar-refractivity contribution in [2.24, 2.45) is 0 Å². The van der Waals surface area contributed by atoms with Gasteiger partial charge in [0.25, 0.3) is 0 Å². The number of rotatable bonds is 3.